The molecule has 3 amide bonds. The summed E-state index contributed by atoms with van der Waals surface area (Å²) < 4.78 is 0. The van der Waals surface area contributed by atoms with Crippen LogP contribution in [0.5, 0.6) is 0 Å². The van der Waals surface area contributed by atoms with Crippen LogP contribution >= 0.6 is 0 Å². The summed E-state index contributed by atoms with van der Waals surface area (Å²) in [6.45, 7) is 4.07. The predicted molar refractivity (Wildman–Crippen MR) is 75.7 cm³/mol. The summed E-state index contributed by atoms with van der Waals surface area (Å²) in [6.07, 6.45) is 2.04. The van der Waals surface area contributed by atoms with Crippen LogP contribution in [0.1, 0.15) is 19.8 Å². The van der Waals surface area contributed by atoms with Gasteiger partial charge in [0, 0.05) is 33.2 Å². The Hall–Kier alpha value is -1.79. The van der Waals surface area contributed by atoms with Crippen LogP contribution in [-0.4, -0.2) is 77.5 Å². The Morgan fingerprint density at radius 1 is 1.14 bits per heavy atom. The van der Waals surface area contributed by atoms with E-state index in [-0.39, 0.29) is 30.9 Å². The summed E-state index contributed by atoms with van der Waals surface area (Å²) in [6, 6.07) is -0.266. The lowest BCUT2D eigenvalue weighted by Gasteiger charge is -2.26. The zero-order chi connectivity index (χ0) is 15.6. The van der Waals surface area contributed by atoms with Gasteiger partial charge in [0.2, 0.25) is 5.91 Å². The normalized spacial score (nSPS) is 25.2. The molecular weight excluding hydrogens is 274 g/mol. The van der Waals surface area contributed by atoms with E-state index in [9.17, 15) is 14.4 Å². The van der Waals surface area contributed by atoms with Gasteiger partial charge in [0.15, 0.2) is 0 Å². The standard InChI is InChI=1S/C14H23N3O4/c1-10-7-17(8-11(10)13(19)20)14(21)15(2)9-12(18)16-5-3-4-6-16/h10-11H,3-9H2,1-2H3,(H,19,20). The molecule has 2 unspecified atom stereocenters. The molecule has 2 aliphatic rings. The van der Waals surface area contributed by atoms with E-state index in [1.165, 1.54) is 9.80 Å². The fourth-order valence-corrected chi connectivity index (χ4v) is 3.02. The first-order chi connectivity index (χ1) is 9.90. The first-order valence-electron chi connectivity index (χ1n) is 7.40. The number of hydrogen-bond acceptors (Lipinski definition) is 3. The average molecular weight is 297 g/mol. The third-order valence-corrected chi connectivity index (χ3v) is 4.36. The molecule has 0 radical (unpaired) electrons. The monoisotopic (exact) mass is 297 g/mol. The summed E-state index contributed by atoms with van der Waals surface area (Å²) >= 11 is 0. The van der Waals surface area contributed by atoms with Gasteiger partial charge in [-0.25, -0.2) is 4.79 Å². The zero-order valence-corrected chi connectivity index (χ0v) is 12.6. The van der Waals surface area contributed by atoms with Gasteiger partial charge in [-0.3, -0.25) is 9.59 Å². The largest absolute Gasteiger partial charge is 0.481 e. The summed E-state index contributed by atoms with van der Waals surface area (Å²) in [5.74, 6) is -1.48. The third kappa shape index (κ3) is 3.46. The number of nitrogens with zero attached hydrogens (tertiary/aromatic N) is 3. The maximum atomic E-state index is 12.3. The molecule has 7 heteroatoms. The predicted octanol–water partition coefficient (Wildman–Crippen LogP) is 0.313. The summed E-state index contributed by atoms with van der Waals surface area (Å²) in [5.41, 5.74) is 0. The van der Waals surface area contributed by atoms with Crippen molar-refractivity contribution in [3.63, 3.8) is 0 Å². The van der Waals surface area contributed by atoms with Crippen molar-refractivity contribution < 1.29 is 19.5 Å². The summed E-state index contributed by atoms with van der Waals surface area (Å²) in [7, 11) is 1.59. The van der Waals surface area contributed by atoms with Crippen molar-refractivity contribution in [3.05, 3.63) is 0 Å². The molecule has 0 aromatic rings. The highest BCUT2D eigenvalue weighted by Crippen LogP contribution is 2.24. The molecule has 0 saturated carbocycles. The SMILES string of the molecule is CC1CN(C(=O)N(C)CC(=O)N2CCCC2)CC1C(=O)O. The van der Waals surface area contributed by atoms with Crippen molar-refractivity contribution in [3.8, 4) is 0 Å². The van der Waals surface area contributed by atoms with Crippen LogP contribution in [0.4, 0.5) is 4.79 Å². The third-order valence-electron chi connectivity index (χ3n) is 4.36. The molecule has 2 heterocycles. The van der Waals surface area contributed by atoms with Gasteiger partial charge in [-0.2, -0.15) is 0 Å². The summed E-state index contributed by atoms with van der Waals surface area (Å²) in [4.78, 5) is 40.1. The van der Waals surface area contributed by atoms with Gasteiger partial charge in [-0.1, -0.05) is 6.92 Å². The number of urea groups is 1. The number of aliphatic carboxylic acids is 1. The molecule has 0 aliphatic carbocycles. The van der Waals surface area contributed by atoms with Gasteiger partial charge in [0.05, 0.1) is 5.92 Å². The van der Waals surface area contributed by atoms with Crippen molar-refractivity contribution in [1.82, 2.24) is 14.7 Å². The topological polar surface area (TPSA) is 81.2 Å². The summed E-state index contributed by atoms with van der Waals surface area (Å²) in [5, 5.41) is 9.10. The smallest absolute Gasteiger partial charge is 0.320 e. The second-order valence-electron chi connectivity index (χ2n) is 6.05. The van der Waals surface area contributed by atoms with Gasteiger partial charge in [0.25, 0.3) is 0 Å². The van der Waals surface area contributed by atoms with Crippen molar-refractivity contribution in [2.75, 3.05) is 39.8 Å². The molecule has 2 saturated heterocycles. The molecule has 2 aliphatic heterocycles. The van der Waals surface area contributed by atoms with Gasteiger partial charge < -0.3 is 19.8 Å². The van der Waals surface area contributed by atoms with E-state index in [1.807, 2.05) is 6.92 Å². The number of carbonyl (C=O) groups excluding carboxylic acids is 2. The minimum absolute atomic E-state index is 0.0367. The molecular formula is C14H23N3O4. The molecule has 2 fully saturated rings. The van der Waals surface area contributed by atoms with Crippen LogP contribution < -0.4 is 0 Å². The van der Waals surface area contributed by atoms with Crippen LogP contribution in [0, 0.1) is 11.8 Å². The first kappa shape index (κ1) is 15.6. The lowest BCUT2D eigenvalue weighted by molar-refractivity contribution is -0.142. The number of hydrogen-bond donors (Lipinski definition) is 1. The number of likely N-dealkylation sites (N-methyl/N-ethyl adjacent to an activating group) is 1. The highest BCUT2D eigenvalue weighted by molar-refractivity contribution is 5.84. The van der Waals surface area contributed by atoms with E-state index in [4.69, 9.17) is 5.11 Å². The van der Waals surface area contributed by atoms with Gasteiger partial charge in [0.1, 0.15) is 6.54 Å². The zero-order valence-electron chi connectivity index (χ0n) is 12.6. The molecule has 2 rings (SSSR count). The van der Waals surface area contributed by atoms with E-state index < -0.39 is 11.9 Å². The Balaban J connectivity index is 1.88. The Morgan fingerprint density at radius 3 is 2.29 bits per heavy atom. The fourth-order valence-electron chi connectivity index (χ4n) is 3.02. The quantitative estimate of drug-likeness (QED) is 0.813. The Labute approximate surface area is 124 Å². The van der Waals surface area contributed by atoms with Crippen LogP contribution in [-0.2, 0) is 9.59 Å². The Bertz CT molecular complexity index is 434. The minimum atomic E-state index is -0.867. The first-order valence-corrected chi connectivity index (χ1v) is 7.40. The number of rotatable bonds is 3. The number of carboxylic acids is 1. The molecule has 118 valence electrons. The van der Waals surface area contributed by atoms with Gasteiger partial charge >= 0.3 is 12.0 Å². The van der Waals surface area contributed by atoms with Crippen LogP contribution in [0.2, 0.25) is 0 Å². The van der Waals surface area contributed by atoms with Crippen molar-refractivity contribution in [2.24, 2.45) is 11.8 Å². The van der Waals surface area contributed by atoms with Crippen molar-refractivity contribution in [2.45, 2.75) is 19.8 Å². The van der Waals surface area contributed by atoms with Crippen molar-refractivity contribution in [1.29, 1.82) is 0 Å². The second-order valence-corrected chi connectivity index (χ2v) is 6.05. The van der Waals surface area contributed by atoms with E-state index in [1.54, 1.807) is 11.9 Å². The maximum absolute atomic E-state index is 12.3. The van der Waals surface area contributed by atoms with E-state index >= 15 is 0 Å². The molecule has 7 nitrogen and oxygen atoms in total. The van der Waals surface area contributed by atoms with Gasteiger partial charge in [-0.15, -0.1) is 0 Å². The molecule has 0 aromatic carbocycles. The Kier molecular flexibility index (Phi) is 4.69. The molecule has 1 N–H and O–H groups in total. The molecule has 0 spiro atoms. The highest BCUT2D eigenvalue weighted by Gasteiger charge is 2.38. The maximum Gasteiger partial charge on any atom is 0.320 e. The number of amides is 3. The molecule has 0 bridgehead atoms. The van der Waals surface area contributed by atoms with E-state index in [0.29, 0.717) is 6.54 Å². The molecule has 21 heavy (non-hydrogen) atoms. The second kappa shape index (κ2) is 6.32. The van der Waals surface area contributed by atoms with E-state index in [2.05, 4.69) is 0 Å². The van der Waals surface area contributed by atoms with Crippen molar-refractivity contribution >= 4 is 17.9 Å². The van der Waals surface area contributed by atoms with Crippen LogP contribution in [0.15, 0.2) is 0 Å². The minimum Gasteiger partial charge on any atom is -0.481 e. The van der Waals surface area contributed by atoms with Crippen LogP contribution in [0.3, 0.4) is 0 Å². The fraction of sp³-hybridized carbons (Fsp3) is 0.786. The highest BCUT2D eigenvalue weighted by atomic mass is 16.4. The average Bonchev–Trinajstić information content (AvgIpc) is 3.06. The van der Waals surface area contributed by atoms with Gasteiger partial charge in [-0.05, 0) is 18.8 Å². The van der Waals surface area contributed by atoms with Crippen LogP contribution in [0.25, 0.3) is 0 Å². The molecule has 0 aromatic heterocycles. The lowest BCUT2D eigenvalue weighted by Crippen LogP contribution is -2.45. The number of carboxylic acid groups (broad SMARTS) is 1. The number of carbonyl (C=O) groups is 3. The number of likely N-dealkylation sites (tertiary alicyclic amines) is 2. The lowest BCUT2D eigenvalue weighted by atomic mass is 9.99. The van der Waals surface area contributed by atoms with E-state index in [0.717, 1.165) is 25.9 Å². The molecule has 2 atom stereocenters. The Morgan fingerprint density at radius 2 is 1.76 bits per heavy atom.